The Kier molecular flexibility index (Phi) is 5.27. The second kappa shape index (κ2) is 8.24. The van der Waals surface area contributed by atoms with Crippen LogP contribution in [-0.4, -0.2) is 23.5 Å². The van der Waals surface area contributed by atoms with Gasteiger partial charge in [0.2, 0.25) is 6.79 Å². The monoisotopic (exact) mass is 447 g/mol. The lowest BCUT2D eigenvalue weighted by Gasteiger charge is -2.16. The summed E-state index contributed by atoms with van der Waals surface area (Å²) in [6.45, 7) is 4.30. The molecular formula is C25H21NO5S. The van der Waals surface area contributed by atoms with Gasteiger partial charge in [0.15, 0.2) is 11.5 Å². The Balaban J connectivity index is 1.49. The summed E-state index contributed by atoms with van der Waals surface area (Å²) in [6, 6.07) is 15.0. The first-order valence-corrected chi connectivity index (χ1v) is 11.2. The molecule has 32 heavy (non-hydrogen) atoms. The van der Waals surface area contributed by atoms with Crippen molar-refractivity contribution in [2.45, 2.75) is 26.1 Å². The lowest BCUT2D eigenvalue weighted by molar-refractivity contribution is -0.137. The largest absolute Gasteiger partial charge is 0.468 e. The van der Waals surface area contributed by atoms with Crippen LogP contribution in [0.15, 0.2) is 64.1 Å². The Labute approximate surface area is 189 Å². The third kappa shape index (κ3) is 3.69. The van der Waals surface area contributed by atoms with Gasteiger partial charge in [0.1, 0.15) is 5.76 Å². The topological polar surface area (TPSA) is 69.0 Å². The van der Waals surface area contributed by atoms with E-state index in [-0.39, 0.29) is 25.2 Å². The van der Waals surface area contributed by atoms with Crippen molar-refractivity contribution >= 4 is 29.1 Å². The van der Waals surface area contributed by atoms with Crippen molar-refractivity contribution in [3.8, 4) is 11.5 Å². The molecule has 0 unspecified atom stereocenters. The molecule has 0 N–H and O–H groups in total. The van der Waals surface area contributed by atoms with Crippen molar-refractivity contribution in [2.75, 3.05) is 6.79 Å². The first-order valence-electron chi connectivity index (χ1n) is 10.2. The first kappa shape index (κ1) is 20.5. The Morgan fingerprint density at radius 2 is 1.81 bits per heavy atom. The molecule has 0 fully saturated rings. The number of carbonyl (C=O) groups is 2. The van der Waals surface area contributed by atoms with E-state index in [2.05, 4.69) is 0 Å². The molecule has 162 valence electrons. The molecule has 2 amide bonds. The predicted molar refractivity (Wildman–Crippen MR) is 121 cm³/mol. The summed E-state index contributed by atoms with van der Waals surface area (Å²) in [5, 5.41) is 0. The molecule has 3 heterocycles. The highest BCUT2D eigenvalue weighted by Crippen LogP contribution is 2.40. The summed E-state index contributed by atoms with van der Waals surface area (Å²) in [6.07, 6.45) is 1.60. The molecule has 0 aliphatic carbocycles. The van der Waals surface area contributed by atoms with Gasteiger partial charge in [-0.05, 0) is 54.8 Å². The zero-order chi connectivity index (χ0) is 22.2. The number of imide groups is 1. The predicted octanol–water partition coefficient (Wildman–Crippen LogP) is 4.84. The second-order valence-corrected chi connectivity index (χ2v) is 8.76. The van der Waals surface area contributed by atoms with E-state index in [0.29, 0.717) is 27.7 Å². The van der Waals surface area contributed by atoms with Crippen LogP contribution >= 0.6 is 11.8 Å². The molecule has 6 nitrogen and oxygen atoms in total. The van der Waals surface area contributed by atoms with Crippen molar-refractivity contribution in [3.05, 3.63) is 87.7 Å². The van der Waals surface area contributed by atoms with Crippen molar-refractivity contribution in [3.63, 3.8) is 0 Å². The number of amides is 2. The van der Waals surface area contributed by atoms with Gasteiger partial charge in [-0.1, -0.05) is 29.8 Å². The van der Waals surface area contributed by atoms with Crippen molar-refractivity contribution in [1.29, 1.82) is 0 Å². The van der Waals surface area contributed by atoms with Crippen LogP contribution in [0.4, 0.5) is 0 Å². The van der Waals surface area contributed by atoms with E-state index in [4.69, 9.17) is 13.9 Å². The third-order valence-corrected chi connectivity index (χ3v) is 6.59. The fraction of sp³-hybridized carbons (Fsp3) is 0.200. The minimum Gasteiger partial charge on any atom is -0.468 e. The molecule has 0 atom stereocenters. The number of carbonyl (C=O) groups excluding carboxylic acids is 2. The molecule has 0 radical (unpaired) electrons. The fourth-order valence-electron chi connectivity index (χ4n) is 3.92. The Hall–Kier alpha value is -3.45. The number of nitrogens with zero attached hydrogens (tertiary/aromatic N) is 1. The molecule has 2 aliphatic heterocycles. The SMILES string of the molecule is Cc1ccc(C2=C(SCc3ccco3)C(=O)N(Cc3ccc4c(c3)OCO4)C2=O)c(C)c1. The number of furan rings is 1. The van der Waals surface area contributed by atoms with Gasteiger partial charge in [-0.3, -0.25) is 14.5 Å². The average molecular weight is 448 g/mol. The number of aryl methyl sites for hydroxylation is 2. The standard InChI is InChI=1S/C25H21NO5S/c1-15-5-7-19(16(2)10-15)22-23(32-13-18-4-3-9-29-18)25(28)26(24(22)27)12-17-6-8-20-21(11-17)31-14-30-20/h3-11H,12-14H2,1-2H3. The molecule has 3 aromatic rings. The fourth-order valence-corrected chi connectivity index (χ4v) is 4.95. The van der Waals surface area contributed by atoms with Gasteiger partial charge in [-0.15, -0.1) is 11.8 Å². The molecule has 2 aliphatic rings. The summed E-state index contributed by atoms with van der Waals surface area (Å²) in [7, 11) is 0. The van der Waals surface area contributed by atoms with Crippen molar-refractivity contribution < 1.29 is 23.5 Å². The molecule has 5 rings (SSSR count). The highest BCUT2D eigenvalue weighted by atomic mass is 32.2. The number of ether oxygens (including phenoxy) is 2. The van der Waals surface area contributed by atoms with E-state index in [1.165, 1.54) is 16.7 Å². The van der Waals surface area contributed by atoms with E-state index in [1.54, 1.807) is 12.3 Å². The minimum absolute atomic E-state index is 0.160. The van der Waals surface area contributed by atoms with Crippen LogP contribution in [0, 0.1) is 13.8 Å². The van der Waals surface area contributed by atoms with Gasteiger partial charge < -0.3 is 13.9 Å². The second-order valence-electron chi connectivity index (χ2n) is 7.77. The number of fused-ring (bicyclic) bond motifs is 1. The first-order chi connectivity index (χ1) is 15.5. The number of thioether (sulfide) groups is 1. The number of hydrogen-bond donors (Lipinski definition) is 0. The van der Waals surface area contributed by atoms with Gasteiger partial charge in [0, 0.05) is 0 Å². The third-order valence-electron chi connectivity index (χ3n) is 5.49. The van der Waals surface area contributed by atoms with E-state index in [1.807, 2.05) is 56.3 Å². The quantitative estimate of drug-likeness (QED) is 0.504. The molecule has 2 aromatic carbocycles. The Morgan fingerprint density at radius 1 is 0.969 bits per heavy atom. The van der Waals surface area contributed by atoms with E-state index < -0.39 is 0 Å². The lowest BCUT2D eigenvalue weighted by Crippen LogP contribution is -2.31. The van der Waals surface area contributed by atoms with Gasteiger partial charge in [-0.2, -0.15) is 0 Å². The summed E-state index contributed by atoms with van der Waals surface area (Å²) in [4.78, 5) is 28.7. The van der Waals surface area contributed by atoms with Crippen molar-refractivity contribution in [1.82, 2.24) is 4.90 Å². The molecule has 1 aromatic heterocycles. The maximum Gasteiger partial charge on any atom is 0.268 e. The van der Waals surface area contributed by atoms with E-state index in [0.717, 1.165) is 28.0 Å². The van der Waals surface area contributed by atoms with Gasteiger partial charge in [0.25, 0.3) is 11.8 Å². The lowest BCUT2D eigenvalue weighted by atomic mass is 9.99. The van der Waals surface area contributed by atoms with Crippen LogP contribution in [0.25, 0.3) is 5.57 Å². The minimum atomic E-state index is -0.292. The van der Waals surface area contributed by atoms with Crippen LogP contribution in [-0.2, 0) is 21.9 Å². The Morgan fingerprint density at radius 3 is 2.59 bits per heavy atom. The highest BCUT2D eigenvalue weighted by Gasteiger charge is 2.39. The van der Waals surface area contributed by atoms with Crippen LogP contribution in [0.3, 0.4) is 0 Å². The van der Waals surface area contributed by atoms with Crippen LogP contribution in [0.1, 0.15) is 28.0 Å². The average Bonchev–Trinajstić information content (AvgIpc) is 3.50. The molecule has 0 saturated carbocycles. The van der Waals surface area contributed by atoms with Gasteiger partial charge in [-0.25, -0.2) is 0 Å². The summed E-state index contributed by atoms with van der Waals surface area (Å²) in [5.41, 5.74) is 4.09. The Bertz CT molecular complexity index is 1250. The number of hydrogen-bond acceptors (Lipinski definition) is 6. The van der Waals surface area contributed by atoms with E-state index in [9.17, 15) is 9.59 Å². The maximum atomic E-state index is 13.5. The zero-order valence-electron chi connectivity index (χ0n) is 17.7. The summed E-state index contributed by atoms with van der Waals surface area (Å²) in [5.74, 6) is 1.92. The van der Waals surface area contributed by atoms with Crippen molar-refractivity contribution in [2.24, 2.45) is 0 Å². The molecule has 0 bridgehead atoms. The van der Waals surface area contributed by atoms with Crippen LogP contribution < -0.4 is 9.47 Å². The van der Waals surface area contributed by atoms with Crippen LogP contribution in [0.2, 0.25) is 0 Å². The summed E-state index contributed by atoms with van der Waals surface area (Å²) >= 11 is 1.33. The number of benzene rings is 2. The smallest absolute Gasteiger partial charge is 0.268 e. The van der Waals surface area contributed by atoms with E-state index >= 15 is 0 Å². The zero-order valence-corrected chi connectivity index (χ0v) is 18.5. The summed E-state index contributed by atoms with van der Waals surface area (Å²) < 4.78 is 16.2. The normalized spacial score (nSPS) is 15.2. The van der Waals surface area contributed by atoms with Crippen LogP contribution in [0.5, 0.6) is 11.5 Å². The van der Waals surface area contributed by atoms with Gasteiger partial charge >= 0.3 is 0 Å². The molecule has 7 heteroatoms. The van der Waals surface area contributed by atoms with Gasteiger partial charge in [0.05, 0.1) is 29.0 Å². The number of rotatable bonds is 6. The highest BCUT2D eigenvalue weighted by molar-refractivity contribution is 8.03. The molecule has 0 saturated heterocycles. The molecule has 0 spiro atoms. The maximum absolute atomic E-state index is 13.5. The molecular weight excluding hydrogens is 426 g/mol.